The molecule has 0 saturated heterocycles. The van der Waals surface area contributed by atoms with Gasteiger partial charge in [-0.3, -0.25) is 5.14 Å². The van der Waals surface area contributed by atoms with Gasteiger partial charge in [-0.2, -0.15) is 13.2 Å². The van der Waals surface area contributed by atoms with E-state index in [0.29, 0.717) is 0 Å². The van der Waals surface area contributed by atoms with Gasteiger partial charge in [0.2, 0.25) is 0 Å². The summed E-state index contributed by atoms with van der Waals surface area (Å²) in [7, 11) is -1.87. The van der Waals surface area contributed by atoms with Crippen LogP contribution in [0.2, 0.25) is 0 Å². The predicted octanol–water partition coefficient (Wildman–Crippen LogP) is 2.87. The van der Waals surface area contributed by atoms with E-state index in [9.17, 15) is 21.8 Å². The van der Waals surface area contributed by atoms with Gasteiger partial charge in [-0.1, -0.05) is 18.2 Å². The van der Waals surface area contributed by atoms with Crippen LogP contribution in [-0.2, 0) is 11.0 Å². The second kappa shape index (κ2) is 5.79. The molecule has 7 heteroatoms. The number of benzene rings is 1. The molecule has 2 N–H and O–H groups in total. The van der Waals surface area contributed by atoms with Crippen LogP contribution in [0.3, 0.4) is 0 Å². The molecular weight excluding hydrogens is 270 g/mol. The van der Waals surface area contributed by atoms with Crippen LogP contribution in [0.15, 0.2) is 24.3 Å². The second-order valence-electron chi connectivity index (χ2n) is 3.99. The molecule has 1 aromatic rings. The van der Waals surface area contributed by atoms with E-state index in [1.807, 2.05) is 0 Å². The molecule has 0 aromatic heterocycles. The van der Waals surface area contributed by atoms with Gasteiger partial charge in [0, 0.05) is 5.25 Å². The Hall–Kier alpha value is -0.950. The van der Waals surface area contributed by atoms with Gasteiger partial charge in [0.1, 0.15) is 5.82 Å². The molecule has 0 amide bonds. The molecule has 2 nitrogen and oxygen atoms in total. The summed E-state index contributed by atoms with van der Waals surface area (Å²) in [5.41, 5.74) is -0.442. The molecule has 0 fully saturated rings. The van der Waals surface area contributed by atoms with Crippen molar-refractivity contribution in [3.63, 3.8) is 0 Å². The van der Waals surface area contributed by atoms with Crippen LogP contribution in [-0.4, -0.2) is 15.6 Å². The minimum Gasteiger partial charge on any atom is -0.252 e. The lowest BCUT2D eigenvalue weighted by atomic mass is 9.93. The number of hydrogen-bond acceptors (Lipinski definition) is 1. The van der Waals surface area contributed by atoms with Gasteiger partial charge in [-0.05, 0) is 25.0 Å². The van der Waals surface area contributed by atoms with Crippen molar-refractivity contribution >= 4 is 11.0 Å². The molecule has 3 atom stereocenters. The molecule has 102 valence electrons. The molecule has 0 aliphatic heterocycles. The lowest BCUT2D eigenvalue weighted by Crippen LogP contribution is -2.29. The van der Waals surface area contributed by atoms with Crippen LogP contribution in [0.25, 0.3) is 0 Å². The predicted molar refractivity (Wildman–Crippen MR) is 61.6 cm³/mol. The van der Waals surface area contributed by atoms with Crippen molar-refractivity contribution in [1.29, 1.82) is 0 Å². The fourth-order valence-corrected chi connectivity index (χ4v) is 2.00. The van der Waals surface area contributed by atoms with E-state index < -0.39 is 46.1 Å². The Kier molecular flexibility index (Phi) is 4.86. The van der Waals surface area contributed by atoms with Crippen molar-refractivity contribution in [2.24, 2.45) is 5.14 Å². The molecule has 0 spiro atoms. The van der Waals surface area contributed by atoms with Crippen LogP contribution in [0.4, 0.5) is 17.6 Å². The SMILES string of the molecule is CC(C[C@H](c1ccccc1F)C(F)(F)F)S(N)=O. The smallest absolute Gasteiger partial charge is 0.252 e. The Morgan fingerprint density at radius 1 is 1.33 bits per heavy atom. The molecule has 18 heavy (non-hydrogen) atoms. The maximum Gasteiger partial charge on any atom is 0.395 e. The molecule has 0 aliphatic carbocycles. The number of hydrogen-bond donors (Lipinski definition) is 1. The molecule has 1 aromatic carbocycles. The van der Waals surface area contributed by atoms with Crippen LogP contribution < -0.4 is 5.14 Å². The highest BCUT2D eigenvalue weighted by Gasteiger charge is 2.43. The van der Waals surface area contributed by atoms with Gasteiger partial charge in [0.15, 0.2) is 0 Å². The van der Waals surface area contributed by atoms with E-state index in [1.54, 1.807) is 0 Å². The summed E-state index contributed by atoms with van der Waals surface area (Å²) >= 11 is 0. The van der Waals surface area contributed by atoms with Gasteiger partial charge in [0.25, 0.3) is 0 Å². The fraction of sp³-hybridized carbons (Fsp3) is 0.455. The topological polar surface area (TPSA) is 43.1 Å². The lowest BCUT2D eigenvalue weighted by Gasteiger charge is -2.23. The summed E-state index contributed by atoms with van der Waals surface area (Å²) < 4.78 is 63.1. The standard InChI is InChI=1S/C11H13F4NOS/c1-7(18(16)17)6-9(11(13,14)15)8-4-2-3-5-10(8)12/h2-5,7,9H,6,16H2,1H3/t7?,9-,18?/m1/s1. The summed E-state index contributed by atoms with van der Waals surface area (Å²) in [6.07, 6.45) is -5.11. The Bertz CT molecular complexity index is 435. The normalized spacial score (nSPS) is 17.2. The van der Waals surface area contributed by atoms with Gasteiger partial charge in [0.05, 0.1) is 16.9 Å². The van der Waals surface area contributed by atoms with Crippen molar-refractivity contribution in [3.05, 3.63) is 35.6 Å². The zero-order valence-electron chi connectivity index (χ0n) is 9.58. The third kappa shape index (κ3) is 3.78. The summed E-state index contributed by atoms with van der Waals surface area (Å²) in [5.74, 6) is -2.92. The summed E-state index contributed by atoms with van der Waals surface area (Å²) in [6.45, 7) is 1.34. The van der Waals surface area contributed by atoms with E-state index >= 15 is 0 Å². The van der Waals surface area contributed by atoms with Gasteiger partial charge < -0.3 is 0 Å². The average Bonchev–Trinajstić information content (AvgIpc) is 2.25. The van der Waals surface area contributed by atoms with Gasteiger partial charge in [-0.25, -0.2) is 8.60 Å². The Morgan fingerprint density at radius 3 is 2.33 bits per heavy atom. The quantitative estimate of drug-likeness (QED) is 0.848. The summed E-state index contributed by atoms with van der Waals surface area (Å²) in [4.78, 5) is 0. The first kappa shape index (κ1) is 15.1. The van der Waals surface area contributed by atoms with Crippen LogP contribution in [0, 0.1) is 5.82 Å². The van der Waals surface area contributed by atoms with Crippen LogP contribution >= 0.6 is 0 Å². The first-order chi connectivity index (χ1) is 8.23. The van der Waals surface area contributed by atoms with Crippen molar-refractivity contribution in [1.82, 2.24) is 0 Å². The van der Waals surface area contributed by atoms with E-state index in [4.69, 9.17) is 5.14 Å². The fourth-order valence-electron chi connectivity index (χ4n) is 1.62. The van der Waals surface area contributed by atoms with E-state index in [0.717, 1.165) is 12.1 Å². The highest BCUT2D eigenvalue weighted by atomic mass is 32.2. The van der Waals surface area contributed by atoms with Crippen molar-refractivity contribution < 1.29 is 21.8 Å². The number of rotatable bonds is 4. The van der Waals surface area contributed by atoms with Crippen molar-refractivity contribution in [3.8, 4) is 0 Å². The minimum atomic E-state index is -4.60. The first-order valence-electron chi connectivity index (χ1n) is 5.19. The third-order valence-electron chi connectivity index (χ3n) is 2.64. The molecule has 0 saturated carbocycles. The van der Waals surface area contributed by atoms with Gasteiger partial charge in [-0.15, -0.1) is 0 Å². The summed E-state index contributed by atoms with van der Waals surface area (Å²) in [5, 5.41) is 4.19. The van der Waals surface area contributed by atoms with E-state index in [2.05, 4.69) is 0 Å². The maximum atomic E-state index is 13.4. The lowest BCUT2D eigenvalue weighted by molar-refractivity contribution is -0.152. The Morgan fingerprint density at radius 2 is 1.89 bits per heavy atom. The van der Waals surface area contributed by atoms with Gasteiger partial charge >= 0.3 is 6.18 Å². The highest BCUT2D eigenvalue weighted by Crippen LogP contribution is 2.39. The first-order valence-corrected chi connectivity index (χ1v) is 6.47. The Balaban J connectivity index is 3.08. The average molecular weight is 283 g/mol. The maximum absolute atomic E-state index is 13.4. The zero-order valence-corrected chi connectivity index (χ0v) is 10.4. The summed E-state index contributed by atoms with van der Waals surface area (Å²) in [6, 6.07) is 4.70. The monoisotopic (exact) mass is 283 g/mol. The third-order valence-corrected chi connectivity index (χ3v) is 3.63. The second-order valence-corrected chi connectivity index (χ2v) is 5.45. The zero-order chi connectivity index (χ0) is 13.9. The molecule has 2 unspecified atom stereocenters. The van der Waals surface area contributed by atoms with Crippen molar-refractivity contribution in [2.75, 3.05) is 0 Å². The molecule has 1 rings (SSSR count). The molecular formula is C11H13F4NOS. The molecule has 0 radical (unpaired) electrons. The van der Waals surface area contributed by atoms with Crippen LogP contribution in [0.1, 0.15) is 24.8 Å². The highest BCUT2D eigenvalue weighted by molar-refractivity contribution is 7.83. The molecule has 0 heterocycles. The minimum absolute atomic E-state index is 0.442. The Labute approximate surface area is 105 Å². The molecule has 0 aliphatic rings. The number of alkyl halides is 3. The number of halogens is 4. The van der Waals surface area contributed by atoms with Crippen LogP contribution in [0.5, 0.6) is 0 Å². The molecule has 0 bridgehead atoms. The van der Waals surface area contributed by atoms with E-state index in [1.165, 1.54) is 19.1 Å². The number of nitrogens with two attached hydrogens (primary N) is 1. The van der Waals surface area contributed by atoms with E-state index in [-0.39, 0.29) is 0 Å². The largest absolute Gasteiger partial charge is 0.395 e. The van der Waals surface area contributed by atoms with Crippen molar-refractivity contribution in [2.45, 2.75) is 30.7 Å².